The van der Waals surface area contributed by atoms with Crippen molar-refractivity contribution in [3.8, 4) is 0 Å². The zero-order valence-corrected chi connectivity index (χ0v) is 10.2. The molecule has 3 atom stereocenters. The minimum absolute atomic E-state index is 0.0979. The van der Waals surface area contributed by atoms with E-state index in [2.05, 4.69) is 34.3 Å². The molecule has 1 heterocycles. The van der Waals surface area contributed by atoms with Crippen LogP contribution in [0, 0.1) is 11.8 Å². The van der Waals surface area contributed by atoms with Crippen LogP contribution < -0.4 is 11.1 Å². The third-order valence-corrected chi connectivity index (χ3v) is 3.65. The number of nitrogens with one attached hydrogen (secondary N) is 2. The summed E-state index contributed by atoms with van der Waals surface area (Å²) < 4.78 is 0. The van der Waals surface area contributed by atoms with Crippen molar-refractivity contribution in [2.75, 3.05) is 5.73 Å². The summed E-state index contributed by atoms with van der Waals surface area (Å²) in [7, 11) is 0. The van der Waals surface area contributed by atoms with E-state index in [4.69, 9.17) is 5.73 Å². The number of anilines is 1. The Kier molecular flexibility index (Phi) is 3.31. The van der Waals surface area contributed by atoms with Crippen molar-refractivity contribution in [3.63, 3.8) is 0 Å². The molecule has 2 rings (SSSR count). The maximum atomic E-state index is 11.8. The van der Waals surface area contributed by atoms with Gasteiger partial charge in [-0.25, -0.2) is 0 Å². The minimum Gasteiger partial charge on any atom is -0.366 e. The van der Waals surface area contributed by atoms with Crippen molar-refractivity contribution < 1.29 is 4.79 Å². The van der Waals surface area contributed by atoms with Crippen molar-refractivity contribution in [3.05, 3.63) is 5.82 Å². The standard InChI is InChI=1S/C11H19N5O/c1-6-3-4-8(5-7(6)2)13-10(17)9-14-11(12)16-15-9/h6-8H,3-5H2,1-2H3,(H,13,17)(H3,12,14,15,16). The average molecular weight is 237 g/mol. The third-order valence-electron chi connectivity index (χ3n) is 3.65. The summed E-state index contributed by atoms with van der Waals surface area (Å²) in [6.07, 6.45) is 3.21. The number of carbonyl (C=O) groups excluding carboxylic acids is 1. The highest BCUT2D eigenvalue weighted by molar-refractivity contribution is 5.90. The molecule has 1 aliphatic rings. The van der Waals surface area contributed by atoms with Crippen molar-refractivity contribution >= 4 is 11.9 Å². The summed E-state index contributed by atoms with van der Waals surface area (Å²) >= 11 is 0. The largest absolute Gasteiger partial charge is 0.366 e. The van der Waals surface area contributed by atoms with E-state index >= 15 is 0 Å². The molecule has 4 N–H and O–H groups in total. The fourth-order valence-corrected chi connectivity index (χ4v) is 2.31. The second-order valence-electron chi connectivity index (χ2n) is 4.98. The first kappa shape index (κ1) is 11.9. The number of nitrogens with zero attached hydrogens (tertiary/aromatic N) is 2. The highest BCUT2D eigenvalue weighted by atomic mass is 16.2. The number of nitrogens with two attached hydrogens (primary N) is 1. The Morgan fingerprint density at radius 1 is 1.41 bits per heavy atom. The fourth-order valence-electron chi connectivity index (χ4n) is 2.31. The molecule has 1 aromatic heterocycles. The van der Waals surface area contributed by atoms with Gasteiger partial charge in [-0.3, -0.25) is 9.89 Å². The van der Waals surface area contributed by atoms with Gasteiger partial charge in [0.1, 0.15) is 0 Å². The number of H-pyrrole nitrogens is 1. The molecule has 1 amide bonds. The summed E-state index contributed by atoms with van der Waals surface area (Å²) in [5.74, 6) is 1.45. The number of aromatic amines is 1. The van der Waals surface area contributed by atoms with Gasteiger partial charge in [0.15, 0.2) is 0 Å². The summed E-state index contributed by atoms with van der Waals surface area (Å²) in [5, 5.41) is 9.13. The molecule has 0 aliphatic heterocycles. The second kappa shape index (κ2) is 4.73. The van der Waals surface area contributed by atoms with Crippen LogP contribution in [0.15, 0.2) is 0 Å². The van der Waals surface area contributed by atoms with Crippen LogP contribution >= 0.6 is 0 Å². The van der Waals surface area contributed by atoms with Crippen molar-refractivity contribution in [1.82, 2.24) is 20.5 Å². The van der Waals surface area contributed by atoms with Gasteiger partial charge < -0.3 is 11.1 Å². The number of nitrogen functional groups attached to an aromatic ring is 1. The lowest BCUT2D eigenvalue weighted by molar-refractivity contribution is 0.0900. The Hall–Kier alpha value is -1.59. The van der Waals surface area contributed by atoms with E-state index in [1.807, 2.05) is 0 Å². The molecular weight excluding hydrogens is 218 g/mol. The number of hydrogen-bond donors (Lipinski definition) is 3. The highest BCUT2D eigenvalue weighted by Gasteiger charge is 2.26. The van der Waals surface area contributed by atoms with Crippen LogP contribution in [0.25, 0.3) is 0 Å². The van der Waals surface area contributed by atoms with E-state index in [1.54, 1.807) is 0 Å². The van der Waals surface area contributed by atoms with Crippen LogP contribution in [-0.4, -0.2) is 27.1 Å². The lowest BCUT2D eigenvalue weighted by atomic mass is 9.79. The molecule has 1 fully saturated rings. The van der Waals surface area contributed by atoms with Gasteiger partial charge in [-0.15, -0.1) is 5.10 Å². The van der Waals surface area contributed by atoms with Gasteiger partial charge in [-0.1, -0.05) is 13.8 Å². The van der Waals surface area contributed by atoms with E-state index < -0.39 is 0 Å². The fraction of sp³-hybridized carbons (Fsp3) is 0.727. The van der Waals surface area contributed by atoms with Crippen molar-refractivity contribution in [1.29, 1.82) is 0 Å². The summed E-state index contributed by atoms with van der Waals surface area (Å²) in [4.78, 5) is 15.6. The third kappa shape index (κ3) is 2.75. The molecule has 17 heavy (non-hydrogen) atoms. The van der Waals surface area contributed by atoms with Gasteiger partial charge in [0.05, 0.1) is 0 Å². The number of amides is 1. The Morgan fingerprint density at radius 3 is 2.76 bits per heavy atom. The van der Waals surface area contributed by atoms with Gasteiger partial charge in [0, 0.05) is 6.04 Å². The molecule has 3 unspecified atom stereocenters. The first-order valence-corrected chi connectivity index (χ1v) is 6.05. The molecule has 1 aliphatic carbocycles. The molecule has 6 nitrogen and oxygen atoms in total. The SMILES string of the molecule is CC1CCC(NC(=O)c2nc(N)n[nH]2)CC1C. The van der Waals surface area contributed by atoms with Gasteiger partial charge in [-0.2, -0.15) is 4.98 Å². The number of aromatic nitrogens is 3. The smallest absolute Gasteiger partial charge is 0.288 e. The summed E-state index contributed by atoms with van der Waals surface area (Å²) in [6.45, 7) is 4.50. The highest BCUT2D eigenvalue weighted by Crippen LogP contribution is 2.29. The zero-order valence-electron chi connectivity index (χ0n) is 10.2. The molecule has 0 aromatic carbocycles. The van der Waals surface area contributed by atoms with Crippen LogP contribution in [0.2, 0.25) is 0 Å². The van der Waals surface area contributed by atoms with Crippen molar-refractivity contribution in [2.45, 2.75) is 39.2 Å². The number of carbonyl (C=O) groups is 1. The lowest BCUT2D eigenvalue weighted by Crippen LogP contribution is -2.40. The average Bonchev–Trinajstić information content (AvgIpc) is 2.70. The van der Waals surface area contributed by atoms with Gasteiger partial charge in [-0.05, 0) is 31.1 Å². The van der Waals surface area contributed by atoms with E-state index in [-0.39, 0.29) is 23.7 Å². The van der Waals surface area contributed by atoms with Crippen LogP contribution in [0.1, 0.15) is 43.7 Å². The molecule has 94 valence electrons. The Labute approximate surface area is 100 Å². The molecule has 0 saturated heterocycles. The molecule has 1 saturated carbocycles. The molecule has 6 heteroatoms. The molecule has 0 bridgehead atoms. The van der Waals surface area contributed by atoms with E-state index in [9.17, 15) is 4.79 Å². The maximum absolute atomic E-state index is 11.8. The monoisotopic (exact) mass is 237 g/mol. The van der Waals surface area contributed by atoms with Crippen LogP contribution in [0.4, 0.5) is 5.95 Å². The van der Waals surface area contributed by atoms with E-state index in [0.717, 1.165) is 25.2 Å². The van der Waals surface area contributed by atoms with Crippen LogP contribution in [-0.2, 0) is 0 Å². The number of rotatable bonds is 2. The minimum atomic E-state index is -0.221. The van der Waals surface area contributed by atoms with Gasteiger partial charge in [0.25, 0.3) is 5.91 Å². The summed E-state index contributed by atoms with van der Waals surface area (Å²) in [5.41, 5.74) is 5.36. The normalized spacial score (nSPS) is 28.9. The Balaban J connectivity index is 1.91. The zero-order chi connectivity index (χ0) is 12.4. The first-order chi connectivity index (χ1) is 8.06. The number of hydrogen-bond acceptors (Lipinski definition) is 4. The Morgan fingerprint density at radius 2 is 2.18 bits per heavy atom. The van der Waals surface area contributed by atoms with E-state index in [0.29, 0.717) is 5.92 Å². The molecule has 0 radical (unpaired) electrons. The lowest BCUT2D eigenvalue weighted by Gasteiger charge is -2.32. The topological polar surface area (TPSA) is 96.7 Å². The molecule has 0 spiro atoms. The maximum Gasteiger partial charge on any atom is 0.288 e. The predicted molar refractivity (Wildman–Crippen MR) is 64.2 cm³/mol. The van der Waals surface area contributed by atoms with Gasteiger partial charge >= 0.3 is 0 Å². The summed E-state index contributed by atoms with van der Waals surface area (Å²) in [6, 6.07) is 0.236. The molecular formula is C11H19N5O. The molecule has 1 aromatic rings. The first-order valence-electron chi connectivity index (χ1n) is 6.05. The second-order valence-corrected chi connectivity index (χ2v) is 4.98. The Bertz CT molecular complexity index is 402. The van der Waals surface area contributed by atoms with Crippen LogP contribution in [0.5, 0.6) is 0 Å². The van der Waals surface area contributed by atoms with Crippen molar-refractivity contribution in [2.24, 2.45) is 11.8 Å². The van der Waals surface area contributed by atoms with Crippen LogP contribution in [0.3, 0.4) is 0 Å². The quantitative estimate of drug-likeness (QED) is 0.713. The predicted octanol–water partition coefficient (Wildman–Crippen LogP) is 0.941. The van der Waals surface area contributed by atoms with Gasteiger partial charge in [0.2, 0.25) is 11.8 Å². The van der Waals surface area contributed by atoms with E-state index in [1.165, 1.54) is 0 Å².